The smallest absolute Gasteiger partial charge is 0.224 e. The summed E-state index contributed by atoms with van der Waals surface area (Å²) in [6, 6.07) is 5.94. The van der Waals surface area contributed by atoms with E-state index in [1.54, 1.807) is 6.07 Å². The van der Waals surface area contributed by atoms with Crippen molar-refractivity contribution in [2.45, 2.75) is 6.42 Å². The molecule has 1 heterocycles. The van der Waals surface area contributed by atoms with Gasteiger partial charge in [-0.3, -0.25) is 4.79 Å². The molecule has 1 aliphatic rings. The summed E-state index contributed by atoms with van der Waals surface area (Å²) < 4.78 is 13.3. The summed E-state index contributed by atoms with van der Waals surface area (Å²) in [5.74, 6) is -0.455. The molecule has 0 atom stereocenters. The second-order valence-electron chi connectivity index (χ2n) is 4.05. The first-order valence-electron chi connectivity index (χ1n) is 5.40. The molecule has 1 fully saturated rings. The summed E-state index contributed by atoms with van der Waals surface area (Å²) in [6.07, 6.45) is 0.397. The SMILES string of the molecule is N#Cc1c(F)cccc1NC(=O)CC1CNC1. The van der Waals surface area contributed by atoms with Gasteiger partial charge in [0.05, 0.1) is 5.69 Å². The van der Waals surface area contributed by atoms with Gasteiger partial charge in [0.25, 0.3) is 0 Å². The van der Waals surface area contributed by atoms with Crippen molar-refractivity contribution in [3.63, 3.8) is 0 Å². The fraction of sp³-hybridized carbons (Fsp3) is 0.333. The van der Waals surface area contributed by atoms with Gasteiger partial charge in [0, 0.05) is 6.42 Å². The quantitative estimate of drug-likeness (QED) is 0.825. The van der Waals surface area contributed by atoms with Gasteiger partial charge in [-0.25, -0.2) is 4.39 Å². The molecule has 1 aromatic rings. The van der Waals surface area contributed by atoms with Gasteiger partial charge in [-0.1, -0.05) is 6.07 Å². The van der Waals surface area contributed by atoms with Gasteiger partial charge in [0.2, 0.25) is 5.91 Å². The van der Waals surface area contributed by atoms with Crippen molar-refractivity contribution >= 4 is 11.6 Å². The van der Waals surface area contributed by atoms with E-state index in [1.807, 2.05) is 0 Å². The molecule has 0 aliphatic carbocycles. The molecule has 2 N–H and O–H groups in total. The number of amides is 1. The Hall–Kier alpha value is -1.93. The van der Waals surface area contributed by atoms with Crippen molar-refractivity contribution in [1.29, 1.82) is 5.26 Å². The molecule has 1 saturated heterocycles. The highest BCUT2D eigenvalue weighted by molar-refractivity contribution is 5.92. The van der Waals surface area contributed by atoms with E-state index in [1.165, 1.54) is 18.2 Å². The van der Waals surface area contributed by atoms with Crippen molar-refractivity contribution in [1.82, 2.24) is 5.32 Å². The third-order valence-corrected chi connectivity index (χ3v) is 2.74. The zero-order valence-corrected chi connectivity index (χ0v) is 9.16. The number of carbonyl (C=O) groups is 1. The highest BCUT2D eigenvalue weighted by atomic mass is 19.1. The summed E-state index contributed by atoms with van der Waals surface area (Å²) in [4.78, 5) is 11.6. The molecule has 88 valence electrons. The van der Waals surface area contributed by atoms with E-state index in [9.17, 15) is 9.18 Å². The van der Waals surface area contributed by atoms with E-state index < -0.39 is 5.82 Å². The van der Waals surface area contributed by atoms with Crippen LogP contribution in [0.5, 0.6) is 0 Å². The highest BCUT2D eigenvalue weighted by Gasteiger charge is 2.20. The summed E-state index contributed by atoms with van der Waals surface area (Å²) in [6.45, 7) is 1.67. The number of hydrogen-bond acceptors (Lipinski definition) is 3. The molecular weight excluding hydrogens is 221 g/mol. The largest absolute Gasteiger partial charge is 0.325 e. The minimum atomic E-state index is -0.615. The molecule has 0 aromatic heterocycles. The third-order valence-electron chi connectivity index (χ3n) is 2.74. The van der Waals surface area contributed by atoms with Gasteiger partial charge in [-0.05, 0) is 31.1 Å². The van der Waals surface area contributed by atoms with Crippen LogP contribution in [-0.4, -0.2) is 19.0 Å². The Morgan fingerprint density at radius 2 is 2.35 bits per heavy atom. The first-order valence-corrected chi connectivity index (χ1v) is 5.40. The molecule has 0 saturated carbocycles. The van der Waals surface area contributed by atoms with Gasteiger partial charge in [-0.15, -0.1) is 0 Å². The second kappa shape index (κ2) is 4.93. The minimum absolute atomic E-state index is 0.118. The van der Waals surface area contributed by atoms with Crippen molar-refractivity contribution in [2.24, 2.45) is 5.92 Å². The number of nitriles is 1. The van der Waals surface area contributed by atoms with Gasteiger partial charge in [0.15, 0.2) is 0 Å². The van der Waals surface area contributed by atoms with Gasteiger partial charge < -0.3 is 10.6 Å². The summed E-state index contributed by atoms with van der Waals surface area (Å²) in [7, 11) is 0. The van der Waals surface area contributed by atoms with E-state index in [4.69, 9.17) is 5.26 Å². The Labute approximate surface area is 98.4 Å². The van der Waals surface area contributed by atoms with Crippen molar-refractivity contribution in [3.8, 4) is 6.07 Å². The zero-order valence-electron chi connectivity index (χ0n) is 9.16. The minimum Gasteiger partial charge on any atom is -0.325 e. The van der Waals surface area contributed by atoms with E-state index >= 15 is 0 Å². The van der Waals surface area contributed by atoms with E-state index in [0.717, 1.165) is 13.1 Å². The lowest BCUT2D eigenvalue weighted by molar-refractivity contribution is -0.117. The molecule has 17 heavy (non-hydrogen) atoms. The van der Waals surface area contributed by atoms with Crippen LogP contribution >= 0.6 is 0 Å². The third kappa shape index (κ3) is 2.60. The van der Waals surface area contributed by atoms with Crippen molar-refractivity contribution in [2.75, 3.05) is 18.4 Å². The molecule has 1 aromatic carbocycles. The predicted molar refractivity (Wildman–Crippen MR) is 60.7 cm³/mol. The number of nitrogens with zero attached hydrogens (tertiary/aromatic N) is 1. The van der Waals surface area contributed by atoms with Gasteiger partial charge in [-0.2, -0.15) is 5.26 Å². The lowest BCUT2D eigenvalue weighted by atomic mass is 9.99. The van der Waals surface area contributed by atoms with Crippen LogP contribution in [0.4, 0.5) is 10.1 Å². The molecule has 0 radical (unpaired) electrons. The maximum Gasteiger partial charge on any atom is 0.224 e. The van der Waals surface area contributed by atoms with Crippen molar-refractivity contribution < 1.29 is 9.18 Å². The maximum atomic E-state index is 13.3. The van der Waals surface area contributed by atoms with Crippen LogP contribution in [0.2, 0.25) is 0 Å². The number of rotatable bonds is 3. The van der Waals surface area contributed by atoms with E-state index in [2.05, 4.69) is 10.6 Å². The standard InChI is InChI=1S/C12H12FN3O/c13-10-2-1-3-11(9(10)5-14)16-12(17)4-8-6-15-7-8/h1-3,8,15H,4,6-7H2,(H,16,17). The average Bonchev–Trinajstić information content (AvgIpc) is 2.24. The van der Waals surface area contributed by atoms with Crippen molar-refractivity contribution in [3.05, 3.63) is 29.6 Å². The number of nitrogens with one attached hydrogen (secondary N) is 2. The van der Waals surface area contributed by atoms with Gasteiger partial charge in [0.1, 0.15) is 17.4 Å². The molecule has 4 nitrogen and oxygen atoms in total. The van der Waals surface area contributed by atoms with Gasteiger partial charge >= 0.3 is 0 Å². The predicted octanol–water partition coefficient (Wildman–Crippen LogP) is 1.25. The number of anilines is 1. The van der Waals surface area contributed by atoms with Crippen LogP contribution in [0.3, 0.4) is 0 Å². The average molecular weight is 233 g/mol. The highest BCUT2D eigenvalue weighted by Crippen LogP contribution is 2.19. The molecule has 0 bridgehead atoms. The molecule has 0 unspecified atom stereocenters. The van der Waals surface area contributed by atoms with Crippen LogP contribution < -0.4 is 10.6 Å². The summed E-state index contributed by atoms with van der Waals surface area (Å²) in [5.41, 5.74) is 0.123. The Balaban J connectivity index is 2.05. The Morgan fingerprint density at radius 1 is 1.59 bits per heavy atom. The zero-order chi connectivity index (χ0) is 12.3. The number of halogens is 1. The van der Waals surface area contributed by atoms with Crippen LogP contribution in [0.1, 0.15) is 12.0 Å². The van der Waals surface area contributed by atoms with Crippen LogP contribution in [-0.2, 0) is 4.79 Å². The molecule has 1 amide bonds. The van der Waals surface area contributed by atoms with Crippen LogP contribution in [0.25, 0.3) is 0 Å². The number of hydrogen-bond donors (Lipinski definition) is 2. The van der Waals surface area contributed by atoms with E-state index in [0.29, 0.717) is 12.3 Å². The summed E-state index contributed by atoms with van der Waals surface area (Å²) in [5, 5.41) is 14.4. The Bertz CT molecular complexity index is 477. The molecule has 5 heteroatoms. The van der Waals surface area contributed by atoms with Crippen LogP contribution in [0.15, 0.2) is 18.2 Å². The second-order valence-corrected chi connectivity index (χ2v) is 4.05. The topological polar surface area (TPSA) is 64.9 Å². The first kappa shape index (κ1) is 11.6. The monoisotopic (exact) mass is 233 g/mol. The maximum absolute atomic E-state index is 13.3. The molecule has 0 spiro atoms. The Morgan fingerprint density at radius 3 is 2.94 bits per heavy atom. The fourth-order valence-corrected chi connectivity index (χ4v) is 1.70. The fourth-order valence-electron chi connectivity index (χ4n) is 1.70. The molecular formula is C12H12FN3O. The van der Waals surface area contributed by atoms with E-state index in [-0.39, 0.29) is 17.2 Å². The number of benzene rings is 1. The molecule has 2 rings (SSSR count). The lowest BCUT2D eigenvalue weighted by Gasteiger charge is -2.26. The normalized spacial score (nSPS) is 14.8. The summed E-state index contributed by atoms with van der Waals surface area (Å²) >= 11 is 0. The first-order chi connectivity index (χ1) is 8.20. The number of carbonyl (C=O) groups excluding carboxylic acids is 1. The van der Waals surface area contributed by atoms with Crippen LogP contribution in [0, 0.1) is 23.1 Å². The Kier molecular flexibility index (Phi) is 3.35. The lowest BCUT2D eigenvalue weighted by Crippen LogP contribution is -2.43. The molecule has 1 aliphatic heterocycles.